The van der Waals surface area contributed by atoms with Crippen LogP contribution in [0.4, 0.5) is 11.4 Å². The van der Waals surface area contributed by atoms with Gasteiger partial charge in [0.15, 0.2) is 0 Å². The molecule has 0 aliphatic heterocycles. The predicted molar refractivity (Wildman–Crippen MR) is 70.2 cm³/mol. The molecule has 1 aromatic carbocycles. The first-order valence-corrected chi connectivity index (χ1v) is 5.65. The third-order valence-electron chi connectivity index (χ3n) is 2.78. The number of nitro benzene ring substituents is 1. The number of aromatic nitrogens is 2. The van der Waals surface area contributed by atoms with Gasteiger partial charge in [-0.1, -0.05) is 0 Å². The van der Waals surface area contributed by atoms with Gasteiger partial charge in [0.2, 0.25) is 0 Å². The van der Waals surface area contributed by atoms with E-state index in [2.05, 4.69) is 10.4 Å². The van der Waals surface area contributed by atoms with Crippen molar-refractivity contribution < 1.29 is 9.66 Å². The molecule has 0 radical (unpaired) electrons. The lowest BCUT2D eigenvalue weighted by atomic mass is 10.2. The molecule has 1 N–H and O–H groups in total. The number of benzene rings is 1. The van der Waals surface area contributed by atoms with E-state index in [9.17, 15) is 10.1 Å². The van der Waals surface area contributed by atoms with Gasteiger partial charge in [0.1, 0.15) is 11.4 Å². The Morgan fingerprint density at radius 2 is 2.26 bits per heavy atom. The van der Waals surface area contributed by atoms with E-state index in [1.807, 2.05) is 13.1 Å². The number of methoxy groups -OCH3 is 1. The van der Waals surface area contributed by atoms with Gasteiger partial charge in [-0.2, -0.15) is 5.10 Å². The molecule has 0 saturated heterocycles. The topological polar surface area (TPSA) is 82.2 Å². The lowest BCUT2D eigenvalue weighted by Crippen LogP contribution is -2.07. The molecule has 0 spiro atoms. The monoisotopic (exact) mass is 262 g/mol. The third kappa shape index (κ3) is 2.82. The lowest BCUT2D eigenvalue weighted by Gasteiger charge is -2.09. The number of nitrogens with zero attached hydrogens (tertiary/aromatic N) is 3. The molecule has 0 saturated carbocycles. The molecule has 1 aromatic heterocycles. The first-order valence-electron chi connectivity index (χ1n) is 5.65. The van der Waals surface area contributed by atoms with Crippen LogP contribution in [0, 0.1) is 10.1 Å². The Hall–Kier alpha value is -2.57. The van der Waals surface area contributed by atoms with Crippen LogP contribution in [-0.2, 0) is 13.6 Å². The average Bonchev–Trinajstić information content (AvgIpc) is 2.81. The van der Waals surface area contributed by atoms with Crippen LogP contribution in [0.15, 0.2) is 30.5 Å². The van der Waals surface area contributed by atoms with Crippen LogP contribution in [0.5, 0.6) is 5.75 Å². The smallest absolute Gasteiger partial charge is 0.292 e. The zero-order chi connectivity index (χ0) is 13.8. The Labute approximate surface area is 110 Å². The van der Waals surface area contributed by atoms with Crippen LogP contribution >= 0.6 is 0 Å². The maximum absolute atomic E-state index is 11.0. The second-order valence-electron chi connectivity index (χ2n) is 3.94. The Balaban J connectivity index is 2.22. The highest BCUT2D eigenvalue weighted by Gasteiger charge is 2.14. The summed E-state index contributed by atoms with van der Waals surface area (Å²) in [6.07, 6.45) is 1.68. The SMILES string of the molecule is COc1ccc([N+](=O)[O-])c(NCc2ccnn2C)c1. The Morgan fingerprint density at radius 1 is 1.47 bits per heavy atom. The van der Waals surface area contributed by atoms with Gasteiger partial charge >= 0.3 is 0 Å². The van der Waals surface area contributed by atoms with E-state index < -0.39 is 4.92 Å². The van der Waals surface area contributed by atoms with Gasteiger partial charge < -0.3 is 10.1 Å². The highest BCUT2D eigenvalue weighted by molar-refractivity contribution is 5.64. The Kier molecular flexibility index (Phi) is 3.65. The molecule has 7 heteroatoms. The van der Waals surface area contributed by atoms with Crippen LogP contribution in [0.2, 0.25) is 0 Å². The summed E-state index contributed by atoms with van der Waals surface area (Å²) < 4.78 is 6.78. The van der Waals surface area contributed by atoms with Crippen LogP contribution in [-0.4, -0.2) is 21.8 Å². The number of anilines is 1. The number of ether oxygens (including phenoxy) is 1. The number of nitro groups is 1. The largest absolute Gasteiger partial charge is 0.497 e. The second-order valence-corrected chi connectivity index (χ2v) is 3.94. The molecule has 0 amide bonds. The second kappa shape index (κ2) is 5.38. The first kappa shape index (κ1) is 12.9. The lowest BCUT2D eigenvalue weighted by molar-refractivity contribution is -0.384. The molecule has 0 unspecified atom stereocenters. The predicted octanol–water partition coefficient (Wildman–Crippen LogP) is 1.95. The number of aryl methyl sites for hydroxylation is 1. The number of nitrogens with one attached hydrogen (secondary N) is 1. The third-order valence-corrected chi connectivity index (χ3v) is 2.78. The highest BCUT2D eigenvalue weighted by Crippen LogP contribution is 2.29. The van der Waals surface area contributed by atoms with E-state index in [0.717, 1.165) is 5.69 Å². The van der Waals surface area contributed by atoms with Crippen LogP contribution in [0.3, 0.4) is 0 Å². The molecular formula is C12H14N4O3. The van der Waals surface area contributed by atoms with Gasteiger partial charge in [0.05, 0.1) is 24.3 Å². The van der Waals surface area contributed by atoms with Crippen molar-refractivity contribution in [3.05, 3.63) is 46.3 Å². The van der Waals surface area contributed by atoms with Crippen molar-refractivity contribution in [2.75, 3.05) is 12.4 Å². The van der Waals surface area contributed by atoms with Crippen molar-refractivity contribution in [3.8, 4) is 5.75 Å². The minimum absolute atomic E-state index is 0.0166. The van der Waals surface area contributed by atoms with Gasteiger partial charge in [-0.05, 0) is 12.1 Å². The number of rotatable bonds is 5. The minimum Gasteiger partial charge on any atom is -0.497 e. The molecule has 0 aliphatic carbocycles. The van der Waals surface area contributed by atoms with Gasteiger partial charge in [0.25, 0.3) is 5.69 Å². The summed E-state index contributed by atoms with van der Waals surface area (Å²) in [5.41, 5.74) is 1.37. The fourth-order valence-electron chi connectivity index (χ4n) is 1.70. The summed E-state index contributed by atoms with van der Waals surface area (Å²) >= 11 is 0. The molecule has 0 aliphatic rings. The van der Waals surface area contributed by atoms with Gasteiger partial charge in [-0.25, -0.2) is 0 Å². The standard InChI is InChI=1S/C12H14N4O3/c1-15-9(5-6-14-15)8-13-11-7-10(19-2)3-4-12(11)16(17)18/h3-7,13H,8H2,1-2H3. The fourth-order valence-corrected chi connectivity index (χ4v) is 1.70. The zero-order valence-corrected chi connectivity index (χ0v) is 10.7. The van der Waals surface area contributed by atoms with Crippen molar-refractivity contribution in [2.45, 2.75) is 6.54 Å². The first-order chi connectivity index (χ1) is 9.11. The summed E-state index contributed by atoms with van der Waals surface area (Å²) in [7, 11) is 3.34. The molecule has 1 heterocycles. The fraction of sp³-hybridized carbons (Fsp3) is 0.250. The molecule has 7 nitrogen and oxygen atoms in total. The summed E-state index contributed by atoms with van der Waals surface area (Å²) in [6, 6.07) is 6.44. The molecule has 0 fully saturated rings. The summed E-state index contributed by atoms with van der Waals surface area (Å²) in [5, 5.41) is 18.0. The van der Waals surface area contributed by atoms with Gasteiger partial charge in [-0.15, -0.1) is 0 Å². The number of hydrogen-bond donors (Lipinski definition) is 1. The van der Waals surface area contributed by atoms with Crippen LogP contribution in [0.1, 0.15) is 5.69 Å². The van der Waals surface area contributed by atoms with Crippen molar-refractivity contribution in [1.82, 2.24) is 9.78 Å². The molecule has 2 rings (SSSR count). The summed E-state index contributed by atoms with van der Waals surface area (Å²) in [5.74, 6) is 0.568. The normalized spacial score (nSPS) is 10.2. The van der Waals surface area contributed by atoms with E-state index >= 15 is 0 Å². The van der Waals surface area contributed by atoms with Crippen molar-refractivity contribution in [2.24, 2.45) is 7.05 Å². The highest BCUT2D eigenvalue weighted by atomic mass is 16.6. The Morgan fingerprint density at radius 3 is 2.84 bits per heavy atom. The van der Waals surface area contributed by atoms with E-state index in [1.165, 1.54) is 13.2 Å². The molecule has 0 bridgehead atoms. The Bertz CT molecular complexity index is 594. The number of hydrogen-bond acceptors (Lipinski definition) is 5. The quantitative estimate of drug-likeness (QED) is 0.657. The van der Waals surface area contributed by atoms with Crippen molar-refractivity contribution in [3.63, 3.8) is 0 Å². The van der Waals surface area contributed by atoms with E-state index in [4.69, 9.17) is 4.74 Å². The van der Waals surface area contributed by atoms with Gasteiger partial charge in [-0.3, -0.25) is 14.8 Å². The maximum atomic E-state index is 11.0. The van der Waals surface area contributed by atoms with E-state index in [1.54, 1.807) is 23.0 Å². The maximum Gasteiger partial charge on any atom is 0.292 e. The molecular weight excluding hydrogens is 248 g/mol. The van der Waals surface area contributed by atoms with Crippen LogP contribution in [0.25, 0.3) is 0 Å². The van der Waals surface area contributed by atoms with E-state index in [0.29, 0.717) is 18.0 Å². The minimum atomic E-state index is -0.426. The molecule has 0 atom stereocenters. The van der Waals surface area contributed by atoms with Crippen molar-refractivity contribution >= 4 is 11.4 Å². The van der Waals surface area contributed by atoms with E-state index in [-0.39, 0.29) is 5.69 Å². The molecule has 2 aromatic rings. The van der Waals surface area contributed by atoms with Crippen LogP contribution < -0.4 is 10.1 Å². The molecule has 19 heavy (non-hydrogen) atoms. The summed E-state index contributed by atoms with van der Waals surface area (Å²) in [4.78, 5) is 10.5. The van der Waals surface area contributed by atoms with Crippen molar-refractivity contribution in [1.29, 1.82) is 0 Å². The summed E-state index contributed by atoms with van der Waals surface area (Å²) in [6.45, 7) is 0.449. The zero-order valence-electron chi connectivity index (χ0n) is 10.7. The average molecular weight is 262 g/mol. The molecule has 100 valence electrons. The van der Waals surface area contributed by atoms with Gasteiger partial charge in [0, 0.05) is 25.4 Å².